The largest absolute Gasteiger partial charge is 0.497 e. The van der Waals surface area contributed by atoms with Gasteiger partial charge in [-0.05, 0) is 73.7 Å². The Balaban J connectivity index is 1.48. The zero-order chi connectivity index (χ0) is 21.5. The monoisotopic (exact) mass is 412 g/mol. The second-order valence-corrected chi connectivity index (χ2v) is 8.50. The lowest BCUT2D eigenvalue weighted by Crippen LogP contribution is -2.42. The second-order valence-electron chi connectivity index (χ2n) is 8.50. The van der Waals surface area contributed by atoms with Gasteiger partial charge in [0.05, 0.1) is 13.2 Å². The number of methoxy groups -OCH3 is 1. The van der Waals surface area contributed by atoms with Gasteiger partial charge in [-0.15, -0.1) is 0 Å². The molecule has 1 saturated heterocycles. The van der Waals surface area contributed by atoms with Gasteiger partial charge in [0.25, 0.3) is 0 Å². The van der Waals surface area contributed by atoms with Crippen LogP contribution in [-0.4, -0.2) is 37.6 Å². The highest BCUT2D eigenvalue weighted by Crippen LogP contribution is 2.25. The molecule has 2 aromatic rings. The van der Waals surface area contributed by atoms with E-state index in [4.69, 9.17) is 4.74 Å². The predicted octanol–water partition coefficient (Wildman–Crippen LogP) is 4.60. The third kappa shape index (κ3) is 6.05. The van der Waals surface area contributed by atoms with E-state index >= 15 is 0 Å². The van der Waals surface area contributed by atoms with E-state index in [0.717, 1.165) is 50.2 Å². The quantitative estimate of drug-likeness (QED) is 0.689. The molecule has 5 heteroatoms. The number of halogens is 1. The molecule has 0 spiro atoms. The molecule has 4 nitrogen and oxygen atoms in total. The Kier molecular flexibility index (Phi) is 7.86. The van der Waals surface area contributed by atoms with E-state index in [2.05, 4.69) is 36.2 Å². The van der Waals surface area contributed by atoms with Crippen molar-refractivity contribution in [1.29, 1.82) is 0 Å². The van der Waals surface area contributed by atoms with Crippen molar-refractivity contribution in [2.24, 2.45) is 11.8 Å². The summed E-state index contributed by atoms with van der Waals surface area (Å²) in [7, 11) is 1.69. The molecule has 1 aliphatic heterocycles. The summed E-state index contributed by atoms with van der Waals surface area (Å²) in [5.41, 5.74) is 2.23. The molecule has 0 saturated carbocycles. The standard InChI is InChI=1S/C25H33FN2O2/c1-18(2)24(20-7-9-22(26)10-8-20)27-25(29)21-12-15-28(16-13-21)14-11-19-5-4-6-23(17-19)30-3/h4-10,17-18,21,24H,11-16H2,1-3H3,(H,27,29). The second kappa shape index (κ2) is 10.6. The number of hydrogen-bond donors (Lipinski definition) is 1. The van der Waals surface area contributed by atoms with E-state index in [1.807, 2.05) is 12.1 Å². The molecule has 1 heterocycles. The predicted molar refractivity (Wildman–Crippen MR) is 118 cm³/mol. The fraction of sp³-hybridized carbons (Fsp3) is 0.480. The van der Waals surface area contributed by atoms with E-state index < -0.39 is 0 Å². The van der Waals surface area contributed by atoms with E-state index in [1.165, 1.54) is 17.7 Å². The number of benzene rings is 2. The van der Waals surface area contributed by atoms with Crippen molar-refractivity contribution >= 4 is 5.91 Å². The van der Waals surface area contributed by atoms with Gasteiger partial charge in [-0.25, -0.2) is 4.39 Å². The summed E-state index contributed by atoms with van der Waals surface area (Å²) in [6, 6.07) is 14.6. The molecule has 1 unspecified atom stereocenters. The number of hydrogen-bond acceptors (Lipinski definition) is 3. The van der Waals surface area contributed by atoms with Crippen molar-refractivity contribution in [3.8, 4) is 5.75 Å². The van der Waals surface area contributed by atoms with Crippen LogP contribution in [0.1, 0.15) is 43.9 Å². The van der Waals surface area contributed by atoms with Crippen LogP contribution in [0.3, 0.4) is 0 Å². The van der Waals surface area contributed by atoms with Crippen LogP contribution in [0.15, 0.2) is 48.5 Å². The molecule has 0 aromatic heterocycles. The van der Waals surface area contributed by atoms with Gasteiger partial charge in [0.1, 0.15) is 11.6 Å². The molecular weight excluding hydrogens is 379 g/mol. The van der Waals surface area contributed by atoms with Gasteiger partial charge in [-0.1, -0.05) is 38.1 Å². The lowest BCUT2D eigenvalue weighted by molar-refractivity contribution is -0.127. The highest BCUT2D eigenvalue weighted by molar-refractivity contribution is 5.79. The topological polar surface area (TPSA) is 41.6 Å². The van der Waals surface area contributed by atoms with Crippen LogP contribution in [0.2, 0.25) is 0 Å². The van der Waals surface area contributed by atoms with Crippen LogP contribution in [0, 0.1) is 17.7 Å². The Bertz CT molecular complexity index is 814. The first-order valence-corrected chi connectivity index (χ1v) is 10.9. The highest BCUT2D eigenvalue weighted by atomic mass is 19.1. The molecule has 0 bridgehead atoms. The Morgan fingerprint density at radius 2 is 1.87 bits per heavy atom. The lowest BCUT2D eigenvalue weighted by atomic mass is 9.92. The summed E-state index contributed by atoms with van der Waals surface area (Å²) in [6.45, 7) is 7.02. The summed E-state index contributed by atoms with van der Waals surface area (Å²) >= 11 is 0. The normalized spacial score (nSPS) is 16.4. The molecule has 0 radical (unpaired) electrons. The first-order valence-electron chi connectivity index (χ1n) is 10.9. The van der Waals surface area contributed by atoms with Crippen molar-refractivity contribution in [2.45, 2.75) is 39.2 Å². The maximum Gasteiger partial charge on any atom is 0.223 e. The van der Waals surface area contributed by atoms with Gasteiger partial charge < -0.3 is 15.0 Å². The van der Waals surface area contributed by atoms with Crippen LogP contribution in [0.5, 0.6) is 5.75 Å². The molecule has 1 fully saturated rings. The zero-order valence-electron chi connectivity index (χ0n) is 18.2. The molecule has 1 atom stereocenters. The van der Waals surface area contributed by atoms with E-state index in [1.54, 1.807) is 19.2 Å². The number of carbonyl (C=O) groups excluding carboxylic acids is 1. The van der Waals surface area contributed by atoms with E-state index in [0.29, 0.717) is 0 Å². The van der Waals surface area contributed by atoms with Crippen LogP contribution in [-0.2, 0) is 11.2 Å². The highest BCUT2D eigenvalue weighted by Gasteiger charge is 2.27. The molecule has 0 aliphatic carbocycles. The minimum Gasteiger partial charge on any atom is -0.497 e. The molecule has 1 aliphatic rings. The minimum atomic E-state index is -0.256. The number of nitrogens with zero attached hydrogens (tertiary/aromatic N) is 1. The summed E-state index contributed by atoms with van der Waals surface area (Å²) in [5.74, 6) is 1.03. The van der Waals surface area contributed by atoms with E-state index in [9.17, 15) is 9.18 Å². The van der Waals surface area contributed by atoms with Gasteiger partial charge >= 0.3 is 0 Å². The third-order valence-corrected chi connectivity index (χ3v) is 6.00. The molecular formula is C25H33FN2O2. The Labute approximate surface area is 179 Å². The van der Waals surface area contributed by atoms with Gasteiger partial charge in [-0.3, -0.25) is 4.79 Å². The van der Waals surface area contributed by atoms with Crippen LogP contribution >= 0.6 is 0 Å². The first kappa shape index (κ1) is 22.3. The maximum atomic E-state index is 13.3. The van der Waals surface area contributed by atoms with Crippen molar-refractivity contribution in [1.82, 2.24) is 10.2 Å². The van der Waals surface area contributed by atoms with Crippen molar-refractivity contribution in [3.63, 3.8) is 0 Å². The van der Waals surface area contributed by atoms with Crippen molar-refractivity contribution in [3.05, 3.63) is 65.5 Å². The summed E-state index contributed by atoms with van der Waals surface area (Å²) in [5, 5.41) is 3.21. The van der Waals surface area contributed by atoms with Gasteiger partial charge in [0.15, 0.2) is 0 Å². The van der Waals surface area contributed by atoms with Crippen LogP contribution < -0.4 is 10.1 Å². The molecule has 1 N–H and O–H groups in total. The summed E-state index contributed by atoms with van der Waals surface area (Å²) < 4.78 is 18.5. The molecule has 3 rings (SSSR count). The van der Waals surface area contributed by atoms with Gasteiger partial charge in [-0.2, -0.15) is 0 Å². The van der Waals surface area contributed by atoms with Crippen LogP contribution in [0.25, 0.3) is 0 Å². The van der Waals surface area contributed by atoms with Gasteiger partial charge in [0, 0.05) is 12.5 Å². The molecule has 162 valence electrons. The SMILES string of the molecule is COc1cccc(CCN2CCC(C(=O)NC(c3ccc(F)cc3)C(C)C)CC2)c1. The lowest BCUT2D eigenvalue weighted by Gasteiger charge is -2.33. The number of ether oxygens (including phenoxy) is 1. The number of piperidine rings is 1. The average molecular weight is 413 g/mol. The van der Waals surface area contributed by atoms with E-state index in [-0.39, 0.29) is 29.6 Å². The fourth-order valence-electron chi connectivity index (χ4n) is 4.11. The summed E-state index contributed by atoms with van der Waals surface area (Å²) in [6.07, 6.45) is 2.73. The Morgan fingerprint density at radius 1 is 1.17 bits per heavy atom. The number of rotatable bonds is 8. The smallest absolute Gasteiger partial charge is 0.223 e. The van der Waals surface area contributed by atoms with Gasteiger partial charge in [0.2, 0.25) is 5.91 Å². The number of amides is 1. The third-order valence-electron chi connectivity index (χ3n) is 6.00. The van der Waals surface area contributed by atoms with Crippen molar-refractivity contribution in [2.75, 3.05) is 26.7 Å². The number of carbonyl (C=O) groups is 1. The zero-order valence-corrected chi connectivity index (χ0v) is 18.2. The van der Waals surface area contributed by atoms with Crippen LogP contribution in [0.4, 0.5) is 4.39 Å². The summed E-state index contributed by atoms with van der Waals surface area (Å²) in [4.78, 5) is 15.3. The number of likely N-dealkylation sites (tertiary alicyclic amines) is 1. The molecule has 30 heavy (non-hydrogen) atoms. The molecule has 2 aromatic carbocycles. The minimum absolute atomic E-state index is 0.0415. The maximum absolute atomic E-state index is 13.3. The van der Waals surface area contributed by atoms with Crippen molar-refractivity contribution < 1.29 is 13.9 Å². The Hall–Kier alpha value is -2.40. The first-order chi connectivity index (χ1) is 14.5. The number of nitrogens with one attached hydrogen (secondary N) is 1. The Morgan fingerprint density at radius 3 is 2.50 bits per heavy atom. The molecule has 1 amide bonds. The average Bonchev–Trinajstić information content (AvgIpc) is 2.77. The fourth-order valence-corrected chi connectivity index (χ4v) is 4.11.